The van der Waals surface area contributed by atoms with Crippen molar-refractivity contribution in [3.05, 3.63) is 58.0 Å². The van der Waals surface area contributed by atoms with Crippen molar-refractivity contribution in [2.45, 2.75) is 6.92 Å². The van der Waals surface area contributed by atoms with Gasteiger partial charge in [0.15, 0.2) is 11.5 Å². The lowest BCUT2D eigenvalue weighted by molar-refractivity contribution is 0.0125. The Kier molecular flexibility index (Phi) is 3.74. The Morgan fingerprint density at radius 2 is 1.72 bits per heavy atom. The van der Waals surface area contributed by atoms with Crippen LogP contribution in [0, 0.1) is 6.92 Å². The molecule has 2 aromatic rings. The van der Waals surface area contributed by atoms with Crippen LogP contribution in [0.1, 0.15) is 48.2 Å². The second-order valence-corrected chi connectivity index (χ2v) is 5.98. The van der Waals surface area contributed by atoms with Crippen LogP contribution in [0.4, 0.5) is 0 Å². The number of ketones is 2. The average molecular weight is 340 g/mol. The number of morpholine rings is 1. The molecule has 128 valence electrons. The lowest BCUT2D eigenvalue weighted by Crippen LogP contribution is -2.48. The molecular formula is C18H16N2O5. The van der Waals surface area contributed by atoms with E-state index in [2.05, 4.69) is 5.43 Å². The van der Waals surface area contributed by atoms with Gasteiger partial charge in [0.2, 0.25) is 5.78 Å². The summed E-state index contributed by atoms with van der Waals surface area (Å²) in [6.07, 6.45) is 0. The predicted octanol–water partition coefficient (Wildman–Crippen LogP) is 1.34. The van der Waals surface area contributed by atoms with Crippen molar-refractivity contribution in [2.24, 2.45) is 0 Å². The first-order valence-electron chi connectivity index (χ1n) is 8.03. The number of hydrazine groups is 1. The molecule has 0 atom stereocenters. The largest absolute Gasteiger partial charge is 0.456 e. The van der Waals surface area contributed by atoms with Gasteiger partial charge in [0, 0.05) is 24.2 Å². The third-order valence-electron chi connectivity index (χ3n) is 4.43. The molecule has 0 spiro atoms. The van der Waals surface area contributed by atoms with E-state index < -0.39 is 5.91 Å². The molecule has 0 radical (unpaired) electrons. The van der Waals surface area contributed by atoms with Crippen molar-refractivity contribution in [3.63, 3.8) is 0 Å². The quantitative estimate of drug-likeness (QED) is 0.757. The number of ether oxygens (including phenoxy) is 1. The molecule has 1 aromatic carbocycles. The molecule has 25 heavy (non-hydrogen) atoms. The van der Waals surface area contributed by atoms with E-state index in [4.69, 9.17) is 9.15 Å². The van der Waals surface area contributed by atoms with Crippen LogP contribution in [0.2, 0.25) is 0 Å². The summed E-state index contributed by atoms with van der Waals surface area (Å²) in [5, 5.41) is 1.73. The van der Waals surface area contributed by atoms with Gasteiger partial charge in [-0.1, -0.05) is 24.3 Å². The third kappa shape index (κ3) is 2.48. The Balaban J connectivity index is 1.74. The van der Waals surface area contributed by atoms with Crippen LogP contribution in [0.25, 0.3) is 0 Å². The Hall–Kier alpha value is -2.77. The maximum atomic E-state index is 12.9. The summed E-state index contributed by atoms with van der Waals surface area (Å²) in [5.41, 5.74) is 3.52. The molecule has 1 amide bonds. The Morgan fingerprint density at radius 1 is 1.08 bits per heavy atom. The summed E-state index contributed by atoms with van der Waals surface area (Å²) >= 11 is 0. The number of nitrogens with one attached hydrogen (secondary N) is 1. The maximum Gasteiger partial charge on any atom is 0.269 e. The summed E-state index contributed by atoms with van der Waals surface area (Å²) in [6.45, 7) is 3.74. The molecule has 2 heterocycles. The Morgan fingerprint density at radius 3 is 2.40 bits per heavy atom. The van der Waals surface area contributed by atoms with Crippen molar-refractivity contribution in [3.8, 4) is 0 Å². The highest BCUT2D eigenvalue weighted by molar-refractivity contribution is 6.30. The Bertz CT molecular complexity index is 893. The molecule has 4 rings (SSSR count). The van der Waals surface area contributed by atoms with E-state index >= 15 is 0 Å². The van der Waals surface area contributed by atoms with Gasteiger partial charge < -0.3 is 9.15 Å². The second-order valence-electron chi connectivity index (χ2n) is 5.98. The summed E-state index contributed by atoms with van der Waals surface area (Å²) in [4.78, 5) is 38.2. The van der Waals surface area contributed by atoms with Gasteiger partial charge >= 0.3 is 0 Å². The normalized spacial score (nSPS) is 17.2. The lowest BCUT2D eigenvalue weighted by Gasteiger charge is -2.27. The van der Waals surface area contributed by atoms with E-state index in [1.54, 1.807) is 36.2 Å². The third-order valence-corrected chi connectivity index (χ3v) is 4.43. The van der Waals surface area contributed by atoms with Crippen LogP contribution < -0.4 is 5.43 Å². The second kappa shape index (κ2) is 5.94. The fraction of sp³-hybridized carbons (Fsp3) is 0.278. The van der Waals surface area contributed by atoms with Crippen molar-refractivity contribution < 1.29 is 23.5 Å². The van der Waals surface area contributed by atoms with E-state index in [-0.39, 0.29) is 34.2 Å². The number of amides is 1. The highest BCUT2D eigenvalue weighted by atomic mass is 16.5. The summed E-state index contributed by atoms with van der Waals surface area (Å²) in [6, 6.07) is 6.56. The van der Waals surface area contributed by atoms with E-state index in [9.17, 15) is 14.4 Å². The number of carbonyl (C=O) groups excluding carboxylic acids is 3. The minimum absolute atomic E-state index is 0.0481. The van der Waals surface area contributed by atoms with E-state index in [0.29, 0.717) is 37.4 Å². The van der Waals surface area contributed by atoms with E-state index in [0.717, 1.165) is 0 Å². The highest BCUT2D eigenvalue weighted by Crippen LogP contribution is 2.33. The fourth-order valence-electron chi connectivity index (χ4n) is 3.21. The van der Waals surface area contributed by atoms with Gasteiger partial charge in [-0.25, -0.2) is 5.01 Å². The summed E-state index contributed by atoms with van der Waals surface area (Å²) < 4.78 is 10.8. The van der Waals surface area contributed by atoms with Crippen LogP contribution in [0.3, 0.4) is 0 Å². The SMILES string of the molecule is Cc1oc2c(c1C(=O)NN1CCOCC1)C(=O)c1ccccc1C2=O. The summed E-state index contributed by atoms with van der Waals surface area (Å²) in [7, 11) is 0. The minimum atomic E-state index is -0.454. The molecule has 0 saturated carbocycles. The van der Waals surface area contributed by atoms with Gasteiger partial charge in [0.1, 0.15) is 5.76 Å². The van der Waals surface area contributed by atoms with Gasteiger partial charge in [-0.3, -0.25) is 19.8 Å². The zero-order valence-electron chi connectivity index (χ0n) is 13.6. The molecule has 1 aliphatic carbocycles. The topological polar surface area (TPSA) is 88.8 Å². The molecule has 2 aliphatic rings. The lowest BCUT2D eigenvalue weighted by atomic mass is 9.86. The van der Waals surface area contributed by atoms with Crippen molar-refractivity contribution in [1.29, 1.82) is 0 Å². The molecule has 0 bridgehead atoms. The van der Waals surface area contributed by atoms with Gasteiger partial charge in [-0.05, 0) is 6.92 Å². The zero-order valence-corrected chi connectivity index (χ0v) is 13.6. The highest BCUT2D eigenvalue weighted by Gasteiger charge is 2.38. The monoisotopic (exact) mass is 340 g/mol. The minimum Gasteiger partial charge on any atom is -0.456 e. The van der Waals surface area contributed by atoms with Gasteiger partial charge in [0.05, 0.1) is 24.3 Å². The number of aryl methyl sites for hydroxylation is 1. The van der Waals surface area contributed by atoms with Crippen LogP contribution in [0.5, 0.6) is 0 Å². The molecular weight excluding hydrogens is 324 g/mol. The molecule has 1 aliphatic heterocycles. The van der Waals surface area contributed by atoms with Gasteiger partial charge in [-0.2, -0.15) is 0 Å². The fourth-order valence-corrected chi connectivity index (χ4v) is 3.21. The number of benzene rings is 1. The standard InChI is InChI=1S/C18H16N2O5/c1-10-13(18(23)19-20-6-8-24-9-7-20)14-15(21)11-4-2-3-5-12(11)16(22)17(14)25-10/h2-5H,6-9H2,1H3,(H,19,23). The first-order valence-corrected chi connectivity index (χ1v) is 8.03. The van der Waals surface area contributed by atoms with Crippen LogP contribution >= 0.6 is 0 Å². The average Bonchev–Trinajstić information content (AvgIpc) is 2.98. The number of hydrogen-bond acceptors (Lipinski definition) is 6. The number of rotatable bonds is 2. The van der Waals surface area contributed by atoms with Crippen LogP contribution in [-0.4, -0.2) is 48.8 Å². The summed E-state index contributed by atoms with van der Waals surface area (Å²) in [5.74, 6) is -1.00. The predicted molar refractivity (Wildman–Crippen MR) is 86.6 cm³/mol. The molecule has 0 unspecified atom stereocenters. The maximum absolute atomic E-state index is 12.9. The van der Waals surface area contributed by atoms with Crippen molar-refractivity contribution in [2.75, 3.05) is 26.3 Å². The first kappa shape index (κ1) is 15.7. The van der Waals surface area contributed by atoms with E-state index in [1.165, 1.54) is 0 Å². The van der Waals surface area contributed by atoms with Crippen molar-refractivity contribution in [1.82, 2.24) is 10.4 Å². The molecule has 1 aromatic heterocycles. The van der Waals surface area contributed by atoms with Crippen LogP contribution in [0.15, 0.2) is 28.7 Å². The first-order chi connectivity index (χ1) is 12.1. The number of nitrogens with zero attached hydrogens (tertiary/aromatic N) is 1. The van der Waals surface area contributed by atoms with E-state index in [1.807, 2.05) is 0 Å². The van der Waals surface area contributed by atoms with Crippen LogP contribution in [-0.2, 0) is 4.74 Å². The molecule has 7 nitrogen and oxygen atoms in total. The molecule has 7 heteroatoms. The van der Waals surface area contributed by atoms with Crippen molar-refractivity contribution >= 4 is 17.5 Å². The number of furan rings is 1. The van der Waals surface area contributed by atoms with Gasteiger partial charge in [-0.15, -0.1) is 0 Å². The molecule has 1 fully saturated rings. The number of hydrogen-bond donors (Lipinski definition) is 1. The molecule has 1 N–H and O–H groups in total. The Labute approximate surface area is 143 Å². The number of carbonyl (C=O) groups is 3. The smallest absolute Gasteiger partial charge is 0.269 e. The number of fused-ring (bicyclic) bond motifs is 2. The van der Waals surface area contributed by atoms with Gasteiger partial charge in [0.25, 0.3) is 5.91 Å². The molecule has 1 saturated heterocycles. The zero-order chi connectivity index (χ0) is 17.6.